The van der Waals surface area contributed by atoms with Crippen molar-refractivity contribution in [2.45, 2.75) is 10.1 Å². The highest BCUT2D eigenvalue weighted by molar-refractivity contribution is 7.98. The third kappa shape index (κ3) is 4.23. The maximum atomic E-state index is 13.4. The van der Waals surface area contributed by atoms with Gasteiger partial charge in [-0.25, -0.2) is 17.8 Å². The summed E-state index contributed by atoms with van der Waals surface area (Å²) in [5.41, 5.74) is 0.993. The number of halogens is 1. The van der Waals surface area contributed by atoms with Crippen LogP contribution in [0, 0.1) is 5.82 Å². The Balaban J connectivity index is 1.53. The number of carbonyl (C=O) groups is 1. The van der Waals surface area contributed by atoms with E-state index in [4.69, 9.17) is 0 Å². The van der Waals surface area contributed by atoms with Crippen LogP contribution < -0.4 is 0 Å². The van der Waals surface area contributed by atoms with Gasteiger partial charge in [0.1, 0.15) is 11.5 Å². The number of sulfonamides is 1. The number of thioether (sulfide) groups is 1. The second kappa shape index (κ2) is 8.81. The summed E-state index contributed by atoms with van der Waals surface area (Å²) in [5.74, 6) is -0.605. The van der Waals surface area contributed by atoms with E-state index in [1.54, 1.807) is 51.9 Å². The Bertz CT molecular complexity index is 1170. The fourth-order valence-electron chi connectivity index (χ4n) is 3.50. The lowest BCUT2D eigenvalue weighted by Gasteiger charge is -2.34. The van der Waals surface area contributed by atoms with E-state index in [0.717, 1.165) is 0 Å². The van der Waals surface area contributed by atoms with E-state index in [-0.39, 0.29) is 42.8 Å². The molecule has 1 aliphatic rings. The molecule has 0 aliphatic carbocycles. The van der Waals surface area contributed by atoms with Gasteiger partial charge in [0.25, 0.3) is 5.91 Å². The molecule has 4 rings (SSSR count). The van der Waals surface area contributed by atoms with Gasteiger partial charge in [-0.05, 0) is 42.7 Å². The van der Waals surface area contributed by atoms with Crippen LogP contribution in [0.5, 0.6) is 0 Å². The molecule has 0 saturated carbocycles. The molecule has 0 radical (unpaired) electrons. The van der Waals surface area contributed by atoms with Gasteiger partial charge in [-0.1, -0.05) is 30.0 Å². The van der Waals surface area contributed by atoms with Gasteiger partial charge in [-0.3, -0.25) is 9.36 Å². The Morgan fingerprint density at radius 3 is 2.26 bits per heavy atom. The molecule has 0 bridgehead atoms. The van der Waals surface area contributed by atoms with Gasteiger partial charge in [0.05, 0.1) is 11.1 Å². The molecule has 1 amide bonds. The van der Waals surface area contributed by atoms with Crippen molar-refractivity contribution in [1.29, 1.82) is 0 Å². The minimum atomic E-state index is -3.59. The zero-order valence-electron chi connectivity index (χ0n) is 16.8. The lowest BCUT2D eigenvalue weighted by Crippen LogP contribution is -2.50. The summed E-state index contributed by atoms with van der Waals surface area (Å²) in [7, 11) is -3.59. The maximum absolute atomic E-state index is 13.4. The Kier molecular flexibility index (Phi) is 6.12. The van der Waals surface area contributed by atoms with E-state index in [0.29, 0.717) is 16.5 Å². The predicted molar refractivity (Wildman–Crippen MR) is 116 cm³/mol. The Morgan fingerprint density at radius 2 is 1.65 bits per heavy atom. The first-order chi connectivity index (χ1) is 14.9. The molecular weight excluding hydrogens is 439 g/mol. The summed E-state index contributed by atoms with van der Waals surface area (Å²) in [6, 6.07) is 14.1. The molecule has 2 heterocycles. The molecule has 162 valence electrons. The highest BCUT2D eigenvalue weighted by Gasteiger charge is 2.31. The van der Waals surface area contributed by atoms with Crippen molar-refractivity contribution in [3.05, 3.63) is 72.3 Å². The second-order valence-corrected chi connectivity index (χ2v) is 9.66. The van der Waals surface area contributed by atoms with Crippen LogP contribution >= 0.6 is 11.8 Å². The van der Waals surface area contributed by atoms with Gasteiger partial charge < -0.3 is 4.90 Å². The first-order valence-corrected chi connectivity index (χ1v) is 12.3. The SMILES string of the molecule is CSc1ncc(C(=O)N2CCN(S(=O)(=O)c3ccccc3)CC2)n1-c1ccc(F)cc1. The minimum absolute atomic E-state index is 0.211. The lowest BCUT2D eigenvalue weighted by molar-refractivity contribution is 0.0689. The average molecular weight is 461 g/mol. The fraction of sp³-hybridized carbons (Fsp3) is 0.238. The lowest BCUT2D eigenvalue weighted by atomic mass is 10.2. The summed E-state index contributed by atoms with van der Waals surface area (Å²) >= 11 is 1.38. The number of nitrogens with zero attached hydrogens (tertiary/aromatic N) is 4. The van der Waals surface area contributed by atoms with Crippen molar-refractivity contribution in [2.24, 2.45) is 0 Å². The van der Waals surface area contributed by atoms with Crippen LogP contribution in [-0.2, 0) is 10.0 Å². The molecule has 1 aliphatic heterocycles. The number of piperazine rings is 1. The number of carbonyl (C=O) groups excluding carboxylic acids is 1. The number of benzene rings is 2. The van der Waals surface area contributed by atoms with E-state index in [1.165, 1.54) is 34.4 Å². The van der Waals surface area contributed by atoms with Crippen LogP contribution in [0.25, 0.3) is 5.69 Å². The first kappa shape index (κ1) is 21.5. The van der Waals surface area contributed by atoms with Gasteiger partial charge >= 0.3 is 0 Å². The van der Waals surface area contributed by atoms with Crippen LogP contribution in [0.3, 0.4) is 0 Å². The van der Waals surface area contributed by atoms with Crippen LogP contribution in [0.1, 0.15) is 10.5 Å². The van der Waals surface area contributed by atoms with Crippen molar-refractivity contribution in [2.75, 3.05) is 32.4 Å². The van der Waals surface area contributed by atoms with E-state index in [1.807, 2.05) is 6.26 Å². The van der Waals surface area contributed by atoms with Gasteiger partial charge in [-0.15, -0.1) is 0 Å². The predicted octanol–water partition coefficient (Wildman–Crippen LogP) is 2.88. The summed E-state index contributed by atoms with van der Waals surface area (Å²) in [6.07, 6.45) is 3.36. The molecular formula is C21H21FN4O3S2. The molecule has 0 unspecified atom stereocenters. The molecule has 7 nitrogen and oxygen atoms in total. The Labute approximate surface area is 184 Å². The fourth-order valence-corrected chi connectivity index (χ4v) is 5.49. The highest BCUT2D eigenvalue weighted by atomic mass is 32.2. The summed E-state index contributed by atoms with van der Waals surface area (Å²) in [4.78, 5) is 19.4. The van der Waals surface area contributed by atoms with Crippen molar-refractivity contribution >= 4 is 27.7 Å². The van der Waals surface area contributed by atoms with Gasteiger partial charge in [0.15, 0.2) is 5.16 Å². The van der Waals surface area contributed by atoms with E-state index < -0.39 is 10.0 Å². The molecule has 10 heteroatoms. The zero-order valence-corrected chi connectivity index (χ0v) is 18.4. The molecule has 31 heavy (non-hydrogen) atoms. The quantitative estimate of drug-likeness (QED) is 0.548. The minimum Gasteiger partial charge on any atom is -0.335 e. The van der Waals surface area contributed by atoms with Crippen LogP contribution in [-0.4, -0.2) is 65.5 Å². The maximum Gasteiger partial charge on any atom is 0.272 e. The summed E-state index contributed by atoms with van der Waals surface area (Å²) < 4.78 is 42.1. The van der Waals surface area contributed by atoms with Crippen molar-refractivity contribution in [3.63, 3.8) is 0 Å². The topological polar surface area (TPSA) is 75.5 Å². The number of imidazole rings is 1. The zero-order chi connectivity index (χ0) is 22.0. The van der Waals surface area contributed by atoms with Crippen molar-refractivity contribution in [3.8, 4) is 5.69 Å². The van der Waals surface area contributed by atoms with Gasteiger partial charge in [0.2, 0.25) is 10.0 Å². The molecule has 2 aromatic carbocycles. The van der Waals surface area contributed by atoms with E-state index in [9.17, 15) is 17.6 Å². The third-order valence-electron chi connectivity index (χ3n) is 5.12. The highest BCUT2D eigenvalue weighted by Crippen LogP contribution is 2.24. The smallest absolute Gasteiger partial charge is 0.272 e. The standard InChI is InChI=1S/C21H21FN4O3S2/c1-30-21-23-15-19(26(21)17-9-7-16(22)8-10-17)20(27)24-11-13-25(14-12-24)31(28,29)18-5-3-2-4-6-18/h2-10,15H,11-14H2,1H3. The molecule has 0 spiro atoms. The van der Waals surface area contributed by atoms with Crippen LogP contribution in [0.4, 0.5) is 4.39 Å². The number of aromatic nitrogens is 2. The summed E-state index contributed by atoms with van der Waals surface area (Å²) in [5, 5.41) is 0.611. The van der Waals surface area contributed by atoms with Gasteiger partial charge in [0, 0.05) is 31.9 Å². The Hall–Kier alpha value is -2.69. The first-order valence-electron chi connectivity index (χ1n) is 9.64. The number of rotatable bonds is 5. The molecule has 3 aromatic rings. The normalized spacial score (nSPS) is 15.2. The molecule has 0 N–H and O–H groups in total. The molecule has 1 fully saturated rings. The molecule has 1 aromatic heterocycles. The number of hydrogen-bond donors (Lipinski definition) is 0. The number of hydrogen-bond acceptors (Lipinski definition) is 5. The van der Waals surface area contributed by atoms with E-state index in [2.05, 4.69) is 4.98 Å². The van der Waals surface area contributed by atoms with E-state index >= 15 is 0 Å². The Morgan fingerprint density at radius 1 is 1.00 bits per heavy atom. The average Bonchev–Trinajstić information content (AvgIpc) is 3.24. The monoisotopic (exact) mass is 460 g/mol. The van der Waals surface area contributed by atoms with Crippen molar-refractivity contribution < 1.29 is 17.6 Å². The molecule has 1 saturated heterocycles. The van der Waals surface area contributed by atoms with Crippen molar-refractivity contribution in [1.82, 2.24) is 18.8 Å². The third-order valence-corrected chi connectivity index (χ3v) is 7.69. The summed E-state index contributed by atoms with van der Waals surface area (Å²) in [6.45, 7) is 0.967. The largest absolute Gasteiger partial charge is 0.335 e. The van der Waals surface area contributed by atoms with Crippen LogP contribution in [0.15, 0.2) is 70.8 Å². The number of amides is 1. The second-order valence-electron chi connectivity index (χ2n) is 6.95. The molecule has 0 atom stereocenters. The van der Waals surface area contributed by atoms with Gasteiger partial charge in [-0.2, -0.15) is 4.31 Å². The van der Waals surface area contributed by atoms with Crippen LogP contribution in [0.2, 0.25) is 0 Å².